The van der Waals surface area contributed by atoms with Gasteiger partial charge in [-0.25, -0.2) is 0 Å². The van der Waals surface area contributed by atoms with Gasteiger partial charge in [0.25, 0.3) is 0 Å². The van der Waals surface area contributed by atoms with Crippen molar-refractivity contribution in [3.63, 3.8) is 0 Å². The van der Waals surface area contributed by atoms with Crippen LogP contribution in [0.5, 0.6) is 0 Å². The van der Waals surface area contributed by atoms with E-state index in [0.29, 0.717) is 0 Å². The van der Waals surface area contributed by atoms with Gasteiger partial charge in [-0.1, -0.05) is 0 Å². The van der Waals surface area contributed by atoms with Crippen LogP contribution in [0.1, 0.15) is 0 Å². The molecular weight excluding hydrogens is 183 g/mol. The van der Waals surface area contributed by atoms with Gasteiger partial charge in [0.15, 0.2) is 0 Å². The Kier molecular flexibility index (Phi) is 183. The van der Waals surface area contributed by atoms with E-state index in [0.717, 1.165) is 0 Å². The summed E-state index contributed by atoms with van der Waals surface area (Å²) < 4.78 is 0. The van der Waals surface area contributed by atoms with Gasteiger partial charge in [0, 0.05) is 57.3 Å². The van der Waals surface area contributed by atoms with E-state index in [1.54, 1.807) is 0 Å². The molecule has 0 aromatic heterocycles. The second-order valence-corrected chi connectivity index (χ2v) is 0. The molecule has 25 valence electrons. The molecule has 0 fully saturated rings. The molecule has 0 saturated carbocycles. The van der Waals surface area contributed by atoms with Crippen LogP contribution in [0.2, 0.25) is 0 Å². The largest absolute Gasteiger partial charge is 0.0149 e. The van der Waals surface area contributed by atoms with Crippen molar-refractivity contribution in [3.8, 4) is 0 Å². The molecule has 0 unspecified atom stereocenters. The fraction of sp³-hybridized carbons (Fsp3) is 0. The van der Waals surface area contributed by atoms with Gasteiger partial charge in [0.05, 0.1) is 0 Å². The van der Waals surface area contributed by atoms with E-state index in [-0.39, 0.29) is 68.3 Å². The second-order valence-electron chi connectivity index (χ2n) is 0. The van der Waals surface area contributed by atoms with Gasteiger partial charge in [-0.2, -0.15) is 0 Å². The smallest absolute Gasteiger partial charge is 0 e. The van der Waals surface area contributed by atoms with Crippen LogP contribution in [0.3, 0.4) is 0 Å². The van der Waals surface area contributed by atoms with Crippen molar-refractivity contribution < 1.29 is 57.3 Å². The summed E-state index contributed by atoms with van der Waals surface area (Å²) in [5.74, 6) is 0. The van der Waals surface area contributed by atoms with Crippen LogP contribution in [-0.2, 0) is 57.3 Å². The molecule has 0 amide bonds. The fourth-order valence-electron chi connectivity index (χ4n) is 0. The van der Waals surface area contributed by atoms with Crippen LogP contribution in [0.15, 0.2) is 0 Å². The van der Waals surface area contributed by atoms with E-state index in [1.165, 1.54) is 0 Å². The molecular formula is H4FeSiTiV. The Morgan fingerprint density at radius 1 is 1.00 bits per heavy atom. The van der Waals surface area contributed by atoms with Crippen molar-refractivity contribution in [2.45, 2.75) is 0 Å². The van der Waals surface area contributed by atoms with Crippen molar-refractivity contribution in [1.82, 2.24) is 0 Å². The maximum atomic E-state index is 0. The van der Waals surface area contributed by atoms with E-state index >= 15 is 0 Å². The van der Waals surface area contributed by atoms with Gasteiger partial charge in [0.1, 0.15) is 0 Å². The first-order valence-electron chi connectivity index (χ1n) is 0. The van der Waals surface area contributed by atoms with Crippen LogP contribution in [0.4, 0.5) is 0 Å². The molecule has 0 atom stereocenters. The van der Waals surface area contributed by atoms with Crippen LogP contribution >= 0.6 is 0 Å². The summed E-state index contributed by atoms with van der Waals surface area (Å²) in [6.07, 6.45) is 0. The zero-order valence-corrected chi connectivity index (χ0v) is 5.36. The first-order chi connectivity index (χ1) is 0. The van der Waals surface area contributed by atoms with Gasteiger partial charge in [-0.05, 0) is 11.0 Å². The normalized spacial score (nSPS) is 0. The minimum absolute atomic E-state index is 0. The predicted molar refractivity (Wildman–Crippen MR) is 11.3 cm³/mol. The molecule has 4 heteroatoms. The summed E-state index contributed by atoms with van der Waals surface area (Å²) in [5.41, 5.74) is 0. The zero-order valence-electron chi connectivity index (χ0n) is 1.30. The molecule has 0 bridgehead atoms. The summed E-state index contributed by atoms with van der Waals surface area (Å²) in [6, 6.07) is 0. The molecule has 0 aliphatic heterocycles. The molecule has 0 aromatic carbocycles. The second kappa shape index (κ2) is 19.8. The van der Waals surface area contributed by atoms with Crippen molar-refractivity contribution >= 4 is 11.0 Å². The molecule has 0 aliphatic carbocycles. The predicted octanol–water partition coefficient (Wildman–Crippen LogP) is -1.46. The average molecular weight is 187 g/mol. The topological polar surface area (TPSA) is 0 Å². The first-order valence-corrected chi connectivity index (χ1v) is 0. The van der Waals surface area contributed by atoms with Gasteiger partial charge in [0.2, 0.25) is 0 Å². The number of hydrogen-bond acceptors (Lipinski definition) is 0. The molecule has 0 heterocycles. The number of rotatable bonds is 0. The van der Waals surface area contributed by atoms with E-state index < -0.39 is 0 Å². The molecule has 0 N–H and O–H groups in total. The maximum absolute atomic E-state index is 0. The van der Waals surface area contributed by atoms with Gasteiger partial charge in [-0.15, -0.1) is 0 Å². The molecule has 0 aromatic rings. The summed E-state index contributed by atoms with van der Waals surface area (Å²) in [7, 11) is 0. The van der Waals surface area contributed by atoms with Gasteiger partial charge >= 0.3 is 0 Å². The van der Waals surface area contributed by atoms with Crippen LogP contribution in [-0.4, -0.2) is 11.0 Å². The van der Waals surface area contributed by atoms with Crippen LogP contribution < -0.4 is 0 Å². The minimum Gasteiger partial charge on any atom is -0.0149 e. The van der Waals surface area contributed by atoms with Gasteiger partial charge < -0.3 is 0 Å². The third-order valence-electron chi connectivity index (χ3n) is 0. The molecule has 4 heavy (non-hydrogen) atoms. The molecule has 0 aliphatic rings. The molecule has 0 spiro atoms. The van der Waals surface area contributed by atoms with Crippen molar-refractivity contribution in [1.29, 1.82) is 0 Å². The average Bonchev–Trinajstić information content (AvgIpc) is 0. The standard InChI is InChI=1S/Fe.H4Si.Ti.V/h;1H4;;. The summed E-state index contributed by atoms with van der Waals surface area (Å²) >= 11 is 0. The number of hydrogen-bond donors (Lipinski definition) is 0. The maximum Gasteiger partial charge on any atom is 0 e. The van der Waals surface area contributed by atoms with E-state index in [2.05, 4.69) is 0 Å². The Morgan fingerprint density at radius 3 is 1.00 bits per heavy atom. The summed E-state index contributed by atoms with van der Waals surface area (Å²) in [6.45, 7) is 0. The molecule has 0 nitrogen and oxygen atoms in total. The van der Waals surface area contributed by atoms with Crippen molar-refractivity contribution in [2.24, 2.45) is 0 Å². The molecule has 0 rings (SSSR count). The Hall–Kier alpha value is 2.04. The molecule has 0 saturated heterocycles. The minimum atomic E-state index is 0. The first kappa shape index (κ1) is 36.9. The molecule has 1 radical (unpaired) electrons. The van der Waals surface area contributed by atoms with E-state index in [9.17, 15) is 0 Å². The van der Waals surface area contributed by atoms with Crippen LogP contribution in [0, 0.1) is 0 Å². The Bertz CT molecular complexity index is 8.00. The van der Waals surface area contributed by atoms with E-state index in [1.807, 2.05) is 0 Å². The third kappa shape index (κ3) is 8.97. The monoisotopic (exact) mass is 187 g/mol. The van der Waals surface area contributed by atoms with E-state index in [4.69, 9.17) is 0 Å². The summed E-state index contributed by atoms with van der Waals surface area (Å²) in [4.78, 5) is 0. The fourth-order valence-corrected chi connectivity index (χ4v) is 0. The Labute approximate surface area is 67.8 Å². The van der Waals surface area contributed by atoms with Crippen LogP contribution in [0.25, 0.3) is 0 Å². The summed E-state index contributed by atoms with van der Waals surface area (Å²) in [5, 5.41) is 0. The van der Waals surface area contributed by atoms with Gasteiger partial charge in [-0.3, -0.25) is 0 Å². The zero-order chi connectivity index (χ0) is 0. The SMILES string of the molecule is [Fe].[SiH4].[Ti].[V]. The third-order valence-corrected chi connectivity index (χ3v) is 0. The van der Waals surface area contributed by atoms with Crippen molar-refractivity contribution in [3.05, 3.63) is 0 Å². The van der Waals surface area contributed by atoms with Crippen molar-refractivity contribution in [2.75, 3.05) is 0 Å². The Morgan fingerprint density at radius 2 is 1.00 bits per heavy atom. The Balaban J connectivity index is 0. The quantitative estimate of drug-likeness (QED) is 0.406.